The molecule has 3 rings (SSSR count). The van der Waals surface area contributed by atoms with Crippen molar-refractivity contribution < 1.29 is 0 Å². The molecular weight excluding hydrogens is 384 g/mol. The standard InChI is InChI=1S/C15H10BrClN4S/c16-12-5-1-3-10(7-12)9-18-21-14(19-20-15(21)22)11-4-2-6-13(17)8-11/h1-9H,(H,20,22). The molecule has 0 saturated heterocycles. The van der Waals surface area contributed by atoms with Crippen molar-refractivity contribution in [3.63, 3.8) is 0 Å². The van der Waals surface area contributed by atoms with Gasteiger partial charge in [0.2, 0.25) is 4.77 Å². The van der Waals surface area contributed by atoms with Crippen molar-refractivity contribution in [3.05, 3.63) is 68.4 Å². The third-order valence-corrected chi connectivity index (χ3v) is 3.90. The Kier molecular flexibility index (Phi) is 4.52. The Labute approximate surface area is 145 Å². The predicted octanol–water partition coefficient (Wildman–Crippen LogP) is 4.91. The van der Waals surface area contributed by atoms with Gasteiger partial charge in [-0.15, -0.1) is 0 Å². The maximum absolute atomic E-state index is 6.03. The number of hydrogen-bond donors (Lipinski definition) is 1. The van der Waals surface area contributed by atoms with Crippen molar-refractivity contribution in [3.8, 4) is 11.4 Å². The second-order valence-corrected chi connectivity index (χ2v) is 6.21. The number of rotatable bonds is 3. The van der Waals surface area contributed by atoms with Gasteiger partial charge in [0.25, 0.3) is 0 Å². The SMILES string of the molecule is S=c1[nH]nc(-c2cccc(Cl)c2)n1N=Cc1cccc(Br)c1. The van der Waals surface area contributed by atoms with E-state index < -0.39 is 0 Å². The summed E-state index contributed by atoms with van der Waals surface area (Å²) in [5, 5.41) is 12.0. The molecule has 0 aliphatic heterocycles. The highest BCUT2D eigenvalue weighted by Crippen LogP contribution is 2.21. The van der Waals surface area contributed by atoms with Crippen LogP contribution in [0.5, 0.6) is 0 Å². The van der Waals surface area contributed by atoms with Crippen molar-refractivity contribution >= 4 is 46.0 Å². The minimum Gasteiger partial charge on any atom is -0.250 e. The molecule has 1 heterocycles. The first-order chi connectivity index (χ1) is 10.6. The molecule has 2 aromatic carbocycles. The number of aromatic nitrogens is 3. The predicted molar refractivity (Wildman–Crippen MR) is 95.0 cm³/mol. The first-order valence-electron chi connectivity index (χ1n) is 6.37. The third kappa shape index (κ3) is 3.35. The van der Waals surface area contributed by atoms with Crippen molar-refractivity contribution in [2.24, 2.45) is 5.10 Å². The molecule has 0 unspecified atom stereocenters. The summed E-state index contributed by atoms with van der Waals surface area (Å²) in [7, 11) is 0. The molecule has 4 nitrogen and oxygen atoms in total. The summed E-state index contributed by atoms with van der Waals surface area (Å²) in [5.41, 5.74) is 1.79. The average Bonchev–Trinajstić information content (AvgIpc) is 2.86. The van der Waals surface area contributed by atoms with E-state index in [9.17, 15) is 0 Å². The van der Waals surface area contributed by atoms with Gasteiger partial charge in [0.1, 0.15) is 0 Å². The molecule has 0 spiro atoms. The minimum atomic E-state index is 0.418. The van der Waals surface area contributed by atoms with Crippen molar-refractivity contribution in [2.45, 2.75) is 0 Å². The summed E-state index contributed by atoms with van der Waals surface area (Å²) in [5.74, 6) is 0.610. The summed E-state index contributed by atoms with van der Waals surface area (Å²) < 4.78 is 2.98. The minimum absolute atomic E-state index is 0.418. The molecule has 0 atom stereocenters. The normalized spacial score (nSPS) is 11.2. The van der Waals surface area contributed by atoms with Crippen LogP contribution in [-0.2, 0) is 0 Å². The topological polar surface area (TPSA) is 46.0 Å². The van der Waals surface area contributed by atoms with Gasteiger partial charge >= 0.3 is 0 Å². The Bertz CT molecular complexity index is 900. The monoisotopic (exact) mass is 392 g/mol. The highest BCUT2D eigenvalue weighted by molar-refractivity contribution is 9.10. The quantitative estimate of drug-likeness (QED) is 0.508. The number of halogens is 2. The molecule has 22 heavy (non-hydrogen) atoms. The van der Waals surface area contributed by atoms with E-state index >= 15 is 0 Å². The second-order valence-electron chi connectivity index (χ2n) is 4.47. The van der Waals surface area contributed by atoms with Gasteiger partial charge in [0.15, 0.2) is 5.82 Å². The van der Waals surface area contributed by atoms with Gasteiger partial charge in [-0.1, -0.05) is 51.8 Å². The molecular formula is C15H10BrClN4S. The van der Waals surface area contributed by atoms with Crippen LogP contribution in [-0.4, -0.2) is 21.1 Å². The molecule has 3 aromatic rings. The van der Waals surface area contributed by atoms with E-state index in [0.29, 0.717) is 15.6 Å². The highest BCUT2D eigenvalue weighted by Gasteiger charge is 2.08. The molecule has 1 aromatic heterocycles. The van der Waals surface area contributed by atoms with Crippen LogP contribution in [0.2, 0.25) is 5.02 Å². The van der Waals surface area contributed by atoms with Crippen LogP contribution in [0, 0.1) is 4.77 Å². The molecule has 1 N–H and O–H groups in total. The van der Waals surface area contributed by atoms with E-state index in [0.717, 1.165) is 15.6 Å². The largest absolute Gasteiger partial charge is 0.250 e. The lowest BCUT2D eigenvalue weighted by molar-refractivity contribution is 0.871. The molecule has 7 heteroatoms. The first kappa shape index (κ1) is 15.1. The lowest BCUT2D eigenvalue weighted by Gasteiger charge is -2.01. The number of nitrogens with zero attached hydrogens (tertiary/aromatic N) is 3. The number of H-pyrrole nitrogens is 1. The van der Waals surface area contributed by atoms with E-state index in [1.165, 1.54) is 0 Å². The highest BCUT2D eigenvalue weighted by atomic mass is 79.9. The molecule has 0 fully saturated rings. The van der Waals surface area contributed by atoms with Crippen LogP contribution in [0.15, 0.2) is 58.1 Å². The Balaban J connectivity index is 2.01. The van der Waals surface area contributed by atoms with Gasteiger partial charge in [0, 0.05) is 15.1 Å². The summed E-state index contributed by atoms with van der Waals surface area (Å²) in [4.78, 5) is 0. The summed E-state index contributed by atoms with van der Waals surface area (Å²) in [6, 6.07) is 15.2. The van der Waals surface area contributed by atoms with E-state index in [1.807, 2.05) is 42.5 Å². The smallest absolute Gasteiger partial charge is 0.216 e. The van der Waals surface area contributed by atoms with Gasteiger partial charge in [0.05, 0.1) is 6.21 Å². The van der Waals surface area contributed by atoms with Crippen molar-refractivity contribution in [1.82, 2.24) is 14.9 Å². The zero-order valence-electron chi connectivity index (χ0n) is 11.2. The fourth-order valence-corrected chi connectivity index (χ4v) is 2.71. The molecule has 110 valence electrons. The van der Waals surface area contributed by atoms with Crippen LogP contribution in [0.4, 0.5) is 0 Å². The fourth-order valence-electron chi connectivity index (χ4n) is 1.92. The molecule has 0 amide bonds. The lowest BCUT2D eigenvalue weighted by Crippen LogP contribution is -1.95. The van der Waals surface area contributed by atoms with Crippen LogP contribution < -0.4 is 0 Å². The zero-order valence-corrected chi connectivity index (χ0v) is 14.4. The molecule has 0 radical (unpaired) electrons. The van der Waals surface area contributed by atoms with Gasteiger partial charge in [-0.25, -0.2) is 5.10 Å². The maximum atomic E-state index is 6.03. The molecule has 0 saturated carbocycles. The maximum Gasteiger partial charge on any atom is 0.216 e. The van der Waals surface area contributed by atoms with Crippen LogP contribution >= 0.6 is 39.7 Å². The van der Waals surface area contributed by atoms with Crippen molar-refractivity contribution in [2.75, 3.05) is 0 Å². The van der Waals surface area contributed by atoms with Gasteiger partial charge in [-0.05, 0) is 42.0 Å². The van der Waals surface area contributed by atoms with Crippen molar-refractivity contribution in [1.29, 1.82) is 0 Å². The Hall–Kier alpha value is -1.76. The number of hydrogen-bond acceptors (Lipinski definition) is 3. The van der Waals surface area contributed by atoms with Crippen LogP contribution in [0.3, 0.4) is 0 Å². The first-order valence-corrected chi connectivity index (χ1v) is 7.95. The van der Waals surface area contributed by atoms with E-state index in [1.54, 1.807) is 17.0 Å². The zero-order chi connectivity index (χ0) is 15.5. The average molecular weight is 394 g/mol. The Morgan fingerprint density at radius 1 is 1.23 bits per heavy atom. The molecule has 0 aliphatic rings. The summed E-state index contributed by atoms with van der Waals surface area (Å²) >= 11 is 14.7. The number of benzene rings is 2. The van der Waals surface area contributed by atoms with Crippen LogP contribution in [0.1, 0.15) is 5.56 Å². The van der Waals surface area contributed by atoms with E-state index in [4.69, 9.17) is 23.8 Å². The molecule has 0 bridgehead atoms. The van der Waals surface area contributed by atoms with Crippen LogP contribution in [0.25, 0.3) is 11.4 Å². The van der Waals surface area contributed by atoms with E-state index in [2.05, 4.69) is 31.2 Å². The Morgan fingerprint density at radius 2 is 2.05 bits per heavy atom. The molecule has 0 aliphatic carbocycles. The summed E-state index contributed by atoms with van der Waals surface area (Å²) in [6.45, 7) is 0. The van der Waals surface area contributed by atoms with E-state index in [-0.39, 0.29) is 0 Å². The number of nitrogens with one attached hydrogen (secondary N) is 1. The van der Waals surface area contributed by atoms with Gasteiger partial charge in [-0.2, -0.15) is 14.9 Å². The fraction of sp³-hybridized carbons (Fsp3) is 0. The Morgan fingerprint density at radius 3 is 2.82 bits per heavy atom. The summed E-state index contributed by atoms with van der Waals surface area (Å²) in [6.07, 6.45) is 1.73. The lowest BCUT2D eigenvalue weighted by atomic mass is 10.2. The second kappa shape index (κ2) is 6.56. The third-order valence-electron chi connectivity index (χ3n) is 2.90. The van der Waals surface area contributed by atoms with Gasteiger partial charge in [-0.3, -0.25) is 0 Å². The number of aromatic amines is 1. The van der Waals surface area contributed by atoms with Gasteiger partial charge < -0.3 is 0 Å².